The Balaban J connectivity index is 1.50. The van der Waals surface area contributed by atoms with Crippen molar-refractivity contribution in [3.63, 3.8) is 0 Å². The van der Waals surface area contributed by atoms with E-state index in [1.807, 2.05) is 23.5 Å². The van der Waals surface area contributed by atoms with Gasteiger partial charge in [0.25, 0.3) is 0 Å². The molecule has 0 aliphatic heterocycles. The van der Waals surface area contributed by atoms with Crippen molar-refractivity contribution in [2.45, 2.75) is 0 Å². The molecule has 0 N–H and O–H groups in total. The Labute approximate surface area is 183 Å². The van der Waals surface area contributed by atoms with E-state index in [9.17, 15) is 0 Å². The summed E-state index contributed by atoms with van der Waals surface area (Å²) in [5.74, 6) is 0. The van der Waals surface area contributed by atoms with Crippen molar-refractivity contribution in [3.8, 4) is 28.3 Å². The van der Waals surface area contributed by atoms with Gasteiger partial charge in [-0.05, 0) is 63.4 Å². The molecule has 144 valence electrons. The van der Waals surface area contributed by atoms with E-state index in [-0.39, 0.29) is 0 Å². The molecule has 0 saturated heterocycles. The lowest BCUT2D eigenvalue weighted by Crippen LogP contribution is -1.85. The van der Waals surface area contributed by atoms with Gasteiger partial charge in [-0.2, -0.15) is 5.26 Å². The molecule has 0 saturated carbocycles. The van der Waals surface area contributed by atoms with Gasteiger partial charge < -0.3 is 0 Å². The zero-order valence-corrected chi connectivity index (χ0v) is 17.4. The number of benzene rings is 4. The molecule has 0 radical (unpaired) electrons. The fourth-order valence-electron chi connectivity index (χ4n) is 4.28. The Hall–Kier alpha value is -4.00. The quantitative estimate of drug-likeness (QED) is 0.291. The SMILES string of the molecule is N#Cc1cc(-c2cccc(-c3ccc4c(c3)sc3ccc5ccccc5c34)c2)ccn1. The molecule has 0 aliphatic rings. The van der Waals surface area contributed by atoms with Gasteiger partial charge in [0.1, 0.15) is 11.8 Å². The third kappa shape index (κ3) is 2.97. The molecule has 0 fully saturated rings. The summed E-state index contributed by atoms with van der Waals surface area (Å²) in [6, 6.07) is 34.2. The predicted octanol–water partition coefficient (Wildman–Crippen LogP) is 7.81. The van der Waals surface area contributed by atoms with Crippen LogP contribution in [-0.2, 0) is 0 Å². The fourth-order valence-corrected chi connectivity index (χ4v) is 5.44. The number of nitrogens with zero attached hydrogens (tertiary/aromatic N) is 2. The Bertz CT molecular complexity index is 1650. The van der Waals surface area contributed by atoms with Crippen LogP contribution in [0.3, 0.4) is 0 Å². The molecule has 0 spiro atoms. The van der Waals surface area contributed by atoms with Crippen LogP contribution in [0.4, 0.5) is 0 Å². The number of hydrogen-bond donors (Lipinski definition) is 0. The van der Waals surface area contributed by atoms with Gasteiger partial charge in [-0.25, -0.2) is 4.98 Å². The summed E-state index contributed by atoms with van der Waals surface area (Å²) >= 11 is 1.85. The van der Waals surface area contributed by atoms with Gasteiger partial charge >= 0.3 is 0 Å². The van der Waals surface area contributed by atoms with Crippen LogP contribution in [0.25, 0.3) is 53.2 Å². The first-order valence-corrected chi connectivity index (χ1v) is 10.9. The third-order valence-corrected chi connectivity index (χ3v) is 6.88. The molecule has 0 aliphatic carbocycles. The molecule has 0 amide bonds. The lowest BCUT2D eigenvalue weighted by molar-refractivity contribution is 1.26. The summed E-state index contributed by atoms with van der Waals surface area (Å²) in [6.07, 6.45) is 1.69. The van der Waals surface area contributed by atoms with Crippen molar-refractivity contribution in [1.29, 1.82) is 5.26 Å². The first kappa shape index (κ1) is 17.8. The molecular formula is C28H16N2S. The van der Waals surface area contributed by atoms with Crippen LogP contribution in [0.15, 0.2) is 97.2 Å². The summed E-state index contributed by atoms with van der Waals surface area (Å²) < 4.78 is 2.62. The van der Waals surface area contributed by atoms with Crippen molar-refractivity contribution in [1.82, 2.24) is 4.98 Å². The second-order valence-corrected chi connectivity index (χ2v) is 8.68. The molecule has 3 heteroatoms. The maximum absolute atomic E-state index is 9.16. The largest absolute Gasteiger partial charge is 0.246 e. The molecule has 2 aromatic heterocycles. The van der Waals surface area contributed by atoms with Crippen LogP contribution in [0.2, 0.25) is 0 Å². The number of hydrogen-bond acceptors (Lipinski definition) is 3. The van der Waals surface area contributed by atoms with E-state index < -0.39 is 0 Å². The molecule has 2 heterocycles. The Morgan fingerprint density at radius 2 is 1.45 bits per heavy atom. The van der Waals surface area contributed by atoms with Crippen LogP contribution < -0.4 is 0 Å². The van der Waals surface area contributed by atoms with E-state index in [2.05, 4.69) is 89.9 Å². The van der Waals surface area contributed by atoms with Gasteiger partial charge in [0, 0.05) is 26.4 Å². The van der Waals surface area contributed by atoms with Crippen molar-refractivity contribution in [3.05, 3.63) is 103 Å². The molecule has 0 atom stereocenters. The van der Waals surface area contributed by atoms with Crippen molar-refractivity contribution >= 4 is 42.3 Å². The van der Waals surface area contributed by atoms with E-state index in [1.54, 1.807) is 6.20 Å². The van der Waals surface area contributed by atoms with Gasteiger partial charge in [-0.15, -0.1) is 11.3 Å². The number of thiophene rings is 1. The van der Waals surface area contributed by atoms with Crippen molar-refractivity contribution in [2.75, 3.05) is 0 Å². The number of pyridine rings is 1. The smallest absolute Gasteiger partial charge is 0.141 e. The lowest BCUT2D eigenvalue weighted by Gasteiger charge is -2.07. The molecule has 4 aromatic carbocycles. The van der Waals surface area contributed by atoms with Crippen LogP contribution in [-0.4, -0.2) is 4.98 Å². The molecular weight excluding hydrogens is 396 g/mol. The first-order chi connectivity index (χ1) is 15.3. The summed E-state index contributed by atoms with van der Waals surface area (Å²) in [6.45, 7) is 0. The zero-order valence-electron chi connectivity index (χ0n) is 16.5. The topological polar surface area (TPSA) is 36.7 Å². The Morgan fingerprint density at radius 3 is 2.32 bits per heavy atom. The molecule has 31 heavy (non-hydrogen) atoms. The molecule has 6 rings (SSSR count). The highest BCUT2D eigenvalue weighted by Gasteiger charge is 2.10. The normalized spacial score (nSPS) is 11.2. The van der Waals surface area contributed by atoms with Gasteiger partial charge in [-0.1, -0.05) is 60.7 Å². The monoisotopic (exact) mass is 412 g/mol. The molecule has 0 unspecified atom stereocenters. The Kier molecular flexibility index (Phi) is 4.06. The Morgan fingerprint density at radius 1 is 0.645 bits per heavy atom. The van der Waals surface area contributed by atoms with E-state index in [0.29, 0.717) is 5.69 Å². The fraction of sp³-hybridized carbons (Fsp3) is 0. The predicted molar refractivity (Wildman–Crippen MR) is 130 cm³/mol. The lowest BCUT2D eigenvalue weighted by atomic mass is 9.98. The van der Waals surface area contributed by atoms with Gasteiger partial charge in [0.15, 0.2) is 0 Å². The summed E-state index contributed by atoms with van der Waals surface area (Å²) in [5.41, 5.74) is 4.88. The number of fused-ring (bicyclic) bond motifs is 5. The number of aromatic nitrogens is 1. The number of nitriles is 1. The van der Waals surface area contributed by atoms with E-state index >= 15 is 0 Å². The van der Waals surface area contributed by atoms with Crippen LogP contribution in [0, 0.1) is 11.3 Å². The molecule has 2 nitrogen and oxygen atoms in total. The van der Waals surface area contributed by atoms with Gasteiger partial charge in [0.05, 0.1) is 0 Å². The van der Waals surface area contributed by atoms with Crippen LogP contribution >= 0.6 is 11.3 Å². The maximum atomic E-state index is 9.16. The average molecular weight is 413 g/mol. The highest BCUT2D eigenvalue weighted by Crippen LogP contribution is 2.40. The molecule has 0 bridgehead atoms. The maximum Gasteiger partial charge on any atom is 0.141 e. The third-order valence-electron chi connectivity index (χ3n) is 5.77. The summed E-state index contributed by atoms with van der Waals surface area (Å²) in [5, 5.41) is 14.4. The minimum absolute atomic E-state index is 0.432. The number of rotatable bonds is 2. The van der Waals surface area contributed by atoms with E-state index in [1.165, 1.54) is 36.5 Å². The highest BCUT2D eigenvalue weighted by molar-refractivity contribution is 7.26. The van der Waals surface area contributed by atoms with Crippen molar-refractivity contribution < 1.29 is 0 Å². The molecule has 6 aromatic rings. The van der Waals surface area contributed by atoms with Gasteiger partial charge in [-0.3, -0.25) is 0 Å². The standard InChI is InChI=1S/C28H16N2S/c29-17-23-15-22(12-13-30-23)20-6-3-5-19(14-20)21-8-10-25-27(16-21)31-26-11-9-18-4-1-2-7-24(18)28(25)26/h1-16H. The van der Waals surface area contributed by atoms with E-state index in [4.69, 9.17) is 5.26 Å². The van der Waals surface area contributed by atoms with Crippen LogP contribution in [0.5, 0.6) is 0 Å². The minimum atomic E-state index is 0.432. The minimum Gasteiger partial charge on any atom is -0.246 e. The zero-order chi connectivity index (χ0) is 20.8. The second kappa shape index (κ2) is 7.05. The summed E-state index contributed by atoms with van der Waals surface area (Å²) in [7, 11) is 0. The summed E-state index contributed by atoms with van der Waals surface area (Å²) in [4.78, 5) is 4.08. The van der Waals surface area contributed by atoms with Crippen LogP contribution in [0.1, 0.15) is 5.69 Å². The van der Waals surface area contributed by atoms with Crippen molar-refractivity contribution in [2.24, 2.45) is 0 Å². The van der Waals surface area contributed by atoms with E-state index in [0.717, 1.165) is 16.7 Å². The van der Waals surface area contributed by atoms with Gasteiger partial charge in [0.2, 0.25) is 0 Å². The highest BCUT2D eigenvalue weighted by atomic mass is 32.1. The second-order valence-electron chi connectivity index (χ2n) is 7.60. The average Bonchev–Trinajstić information content (AvgIpc) is 3.22. The first-order valence-electron chi connectivity index (χ1n) is 10.1.